The molecule has 1 unspecified atom stereocenters. The molecule has 1 rings (SSSR count). The van der Waals surface area contributed by atoms with Crippen molar-refractivity contribution in [1.29, 1.82) is 0 Å². The van der Waals surface area contributed by atoms with E-state index in [1.165, 1.54) is 0 Å². The number of hydrogen-bond acceptors (Lipinski definition) is 5. The molecule has 0 heterocycles. The molecular weight excluding hydrogens is 366 g/mol. The molecule has 164 valence electrons. The zero-order valence-electron chi connectivity index (χ0n) is 19.3. The van der Waals surface area contributed by atoms with Crippen molar-refractivity contribution in [3.8, 4) is 0 Å². The van der Waals surface area contributed by atoms with Gasteiger partial charge < -0.3 is 21.1 Å². The van der Waals surface area contributed by atoms with E-state index in [4.69, 9.17) is 10.5 Å². The third-order valence-corrected chi connectivity index (χ3v) is 4.24. The second-order valence-electron chi connectivity index (χ2n) is 9.67. The summed E-state index contributed by atoms with van der Waals surface area (Å²) in [6.45, 7) is 15.9. The van der Waals surface area contributed by atoms with Gasteiger partial charge in [0.1, 0.15) is 11.6 Å². The average molecular weight is 406 g/mol. The number of esters is 1. The maximum atomic E-state index is 12.7. The molecule has 1 aromatic rings. The zero-order chi connectivity index (χ0) is 22.4. The van der Waals surface area contributed by atoms with Crippen molar-refractivity contribution in [3.05, 3.63) is 23.8 Å². The molecule has 0 radical (unpaired) electrons. The molecule has 29 heavy (non-hydrogen) atoms. The highest BCUT2D eigenvalue weighted by Crippen LogP contribution is 2.22. The van der Waals surface area contributed by atoms with Gasteiger partial charge in [-0.3, -0.25) is 4.79 Å². The minimum Gasteiger partial charge on any atom is -0.458 e. The van der Waals surface area contributed by atoms with Crippen LogP contribution in [0.4, 0.5) is 11.4 Å². The number of carbonyl (C=O) groups is 2. The summed E-state index contributed by atoms with van der Waals surface area (Å²) in [6, 6.07) is 4.75. The molecule has 6 heteroatoms. The Bertz CT molecular complexity index is 693. The van der Waals surface area contributed by atoms with E-state index in [2.05, 4.69) is 31.4 Å². The highest BCUT2D eigenvalue weighted by atomic mass is 16.6. The summed E-state index contributed by atoms with van der Waals surface area (Å²) >= 11 is 0. The van der Waals surface area contributed by atoms with Gasteiger partial charge in [-0.15, -0.1) is 0 Å². The van der Waals surface area contributed by atoms with Gasteiger partial charge in [-0.2, -0.15) is 0 Å². The van der Waals surface area contributed by atoms with Gasteiger partial charge in [-0.1, -0.05) is 27.7 Å². The second-order valence-corrected chi connectivity index (χ2v) is 9.67. The summed E-state index contributed by atoms with van der Waals surface area (Å²) < 4.78 is 5.47. The summed E-state index contributed by atoms with van der Waals surface area (Å²) in [4.78, 5) is 25.3. The number of ether oxygens (including phenoxy) is 1. The first-order valence-corrected chi connectivity index (χ1v) is 10.5. The van der Waals surface area contributed by atoms with Crippen LogP contribution in [0.5, 0.6) is 0 Å². The van der Waals surface area contributed by atoms with Crippen LogP contribution in [0.15, 0.2) is 18.2 Å². The number of rotatable bonds is 9. The van der Waals surface area contributed by atoms with E-state index in [-0.39, 0.29) is 17.9 Å². The van der Waals surface area contributed by atoms with Crippen molar-refractivity contribution in [2.75, 3.05) is 11.1 Å². The highest BCUT2D eigenvalue weighted by molar-refractivity contribution is 5.98. The third kappa shape index (κ3) is 9.20. The summed E-state index contributed by atoms with van der Waals surface area (Å²) in [7, 11) is 0. The molecule has 0 aromatic heterocycles. The fourth-order valence-corrected chi connectivity index (χ4v) is 3.17. The number of carbonyl (C=O) groups excluding carboxylic acids is 2. The fraction of sp³-hybridized carbons (Fsp3) is 0.652. The summed E-state index contributed by atoms with van der Waals surface area (Å²) in [5.74, 6) is 0.0461. The van der Waals surface area contributed by atoms with Crippen molar-refractivity contribution < 1.29 is 14.3 Å². The Morgan fingerprint density at radius 1 is 1.03 bits per heavy atom. The van der Waals surface area contributed by atoms with Gasteiger partial charge in [0.25, 0.3) is 5.91 Å². The normalized spacial score (nSPS) is 13.9. The molecule has 0 aliphatic heterocycles. The van der Waals surface area contributed by atoms with Crippen LogP contribution < -0.4 is 16.4 Å². The van der Waals surface area contributed by atoms with Crippen molar-refractivity contribution >= 4 is 23.3 Å². The first-order chi connectivity index (χ1) is 13.3. The lowest BCUT2D eigenvalue weighted by atomic mass is 10.0. The standard InChI is InChI=1S/C23H39N3O3/c1-14(2)11-16(5)25-19-10-9-17(13-18(19)24)21(27)26-20(12-15(3)4)22(28)29-23(6,7)8/h9-10,13-16,20,25H,11-12,24H2,1-8H3,(H,26,27)/t16?,20-/m0/s1. The van der Waals surface area contributed by atoms with Crippen LogP contribution in [-0.2, 0) is 9.53 Å². The van der Waals surface area contributed by atoms with Crippen molar-refractivity contribution in [1.82, 2.24) is 5.32 Å². The van der Waals surface area contributed by atoms with Gasteiger partial charge in [-0.05, 0) is 70.6 Å². The Hall–Kier alpha value is -2.24. The summed E-state index contributed by atoms with van der Waals surface area (Å²) in [6.07, 6.45) is 1.52. The molecular formula is C23H39N3O3. The van der Waals surface area contributed by atoms with E-state index in [9.17, 15) is 9.59 Å². The molecule has 0 aliphatic rings. The van der Waals surface area contributed by atoms with Crippen LogP contribution in [0.25, 0.3) is 0 Å². The number of hydrogen-bond donors (Lipinski definition) is 3. The first-order valence-electron chi connectivity index (χ1n) is 10.5. The Balaban J connectivity index is 2.89. The van der Waals surface area contributed by atoms with E-state index in [1.54, 1.807) is 12.1 Å². The van der Waals surface area contributed by atoms with Gasteiger partial charge in [0.2, 0.25) is 0 Å². The highest BCUT2D eigenvalue weighted by Gasteiger charge is 2.27. The second kappa shape index (κ2) is 10.5. The van der Waals surface area contributed by atoms with Crippen molar-refractivity contribution in [3.63, 3.8) is 0 Å². The van der Waals surface area contributed by atoms with Crippen LogP contribution in [0.2, 0.25) is 0 Å². The molecule has 0 saturated heterocycles. The first kappa shape index (κ1) is 24.8. The Morgan fingerprint density at radius 2 is 1.62 bits per heavy atom. The number of anilines is 2. The molecule has 6 nitrogen and oxygen atoms in total. The fourth-order valence-electron chi connectivity index (χ4n) is 3.17. The van der Waals surface area contributed by atoms with Gasteiger partial charge in [0, 0.05) is 11.6 Å². The molecule has 0 bridgehead atoms. The van der Waals surface area contributed by atoms with Gasteiger partial charge in [0.05, 0.1) is 11.4 Å². The quantitative estimate of drug-likeness (QED) is 0.412. The number of nitrogen functional groups attached to an aromatic ring is 1. The van der Waals surface area contributed by atoms with Gasteiger partial charge in [0.15, 0.2) is 0 Å². The van der Waals surface area contributed by atoms with Gasteiger partial charge >= 0.3 is 5.97 Å². The number of nitrogens with two attached hydrogens (primary N) is 1. The van der Waals surface area contributed by atoms with Crippen LogP contribution in [0.3, 0.4) is 0 Å². The third-order valence-electron chi connectivity index (χ3n) is 4.24. The van der Waals surface area contributed by atoms with Crippen LogP contribution in [0.1, 0.15) is 78.6 Å². The Morgan fingerprint density at radius 3 is 2.10 bits per heavy atom. The number of nitrogens with one attached hydrogen (secondary N) is 2. The number of amides is 1. The maximum absolute atomic E-state index is 12.7. The van der Waals surface area contributed by atoms with Crippen LogP contribution in [-0.4, -0.2) is 29.6 Å². The zero-order valence-corrected chi connectivity index (χ0v) is 19.3. The molecule has 2 atom stereocenters. The number of benzene rings is 1. The Labute approximate surface area is 176 Å². The topological polar surface area (TPSA) is 93.5 Å². The predicted molar refractivity (Wildman–Crippen MR) is 120 cm³/mol. The monoisotopic (exact) mass is 405 g/mol. The minimum atomic E-state index is -0.702. The largest absolute Gasteiger partial charge is 0.458 e. The lowest BCUT2D eigenvalue weighted by molar-refractivity contribution is -0.157. The predicted octanol–water partition coefficient (Wildman–Crippen LogP) is 4.60. The lowest BCUT2D eigenvalue weighted by Gasteiger charge is -2.25. The molecule has 4 N–H and O–H groups in total. The SMILES string of the molecule is CC(C)CC(C)Nc1ccc(C(=O)N[C@@H](CC(C)C)C(=O)OC(C)(C)C)cc1N. The van der Waals surface area contributed by atoms with Crippen molar-refractivity contribution in [2.24, 2.45) is 11.8 Å². The maximum Gasteiger partial charge on any atom is 0.329 e. The molecule has 0 spiro atoms. The summed E-state index contributed by atoms with van der Waals surface area (Å²) in [5.41, 5.74) is 7.28. The van der Waals surface area contributed by atoms with E-state index in [1.807, 2.05) is 40.7 Å². The van der Waals surface area contributed by atoms with E-state index in [0.29, 0.717) is 23.6 Å². The van der Waals surface area contributed by atoms with E-state index >= 15 is 0 Å². The molecule has 1 aromatic carbocycles. The van der Waals surface area contributed by atoms with E-state index in [0.717, 1.165) is 12.1 Å². The molecule has 0 aliphatic carbocycles. The molecule has 1 amide bonds. The summed E-state index contributed by atoms with van der Waals surface area (Å²) in [5, 5.41) is 6.20. The van der Waals surface area contributed by atoms with E-state index < -0.39 is 17.6 Å². The smallest absolute Gasteiger partial charge is 0.329 e. The average Bonchev–Trinajstić information content (AvgIpc) is 2.53. The lowest BCUT2D eigenvalue weighted by Crippen LogP contribution is -2.45. The van der Waals surface area contributed by atoms with Crippen LogP contribution >= 0.6 is 0 Å². The molecule has 0 fully saturated rings. The van der Waals surface area contributed by atoms with Crippen molar-refractivity contribution in [2.45, 2.75) is 85.9 Å². The minimum absolute atomic E-state index is 0.229. The van der Waals surface area contributed by atoms with Crippen LogP contribution in [0, 0.1) is 11.8 Å². The Kier molecular flexibility index (Phi) is 8.99. The molecule has 0 saturated carbocycles. The van der Waals surface area contributed by atoms with Gasteiger partial charge in [-0.25, -0.2) is 4.79 Å².